The molecule has 0 saturated heterocycles. The summed E-state index contributed by atoms with van der Waals surface area (Å²) in [6.45, 7) is 0.206. The minimum atomic E-state index is -3.26. The van der Waals surface area contributed by atoms with Gasteiger partial charge in [-0.1, -0.05) is 60.7 Å². The molecule has 250 valence electrons. The van der Waals surface area contributed by atoms with Crippen LogP contribution in [0.15, 0.2) is 78.9 Å². The zero-order valence-corrected chi connectivity index (χ0v) is 25.5. The molecule has 13 heteroatoms. The molecular formula is C33H40F2N2O9. The van der Waals surface area contributed by atoms with Crippen molar-refractivity contribution in [2.45, 2.75) is 76.4 Å². The second-order valence-electron chi connectivity index (χ2n) is 11.1. The number of nitrogens with one attached hydrogen (secondary N) is 1. The number of carbonyl (C=O) groups is 2. The molecule has 2 aromatic carbocycles. The molecule has 1 amide bonds. The normalized spacial score (nSPS) is 20.5. The number of aliphatic hydroxyl groups excluding tert-OH is 2. The lowest BCUT2D eigenvalue weighted by Crippen LogP contribution is -2.39. The maximum absolute atomic E-state index is 14.4. The Bertz CT molecular complexity index is 1340. The molecule has 3 rings (SSSR count). The summed E-state index contributed by atoms with van der Waals surface area (Å²) < 4.78 is 39.2. The maximum atomic E-state index is 14.4. The molecule has 0 aromatic heterocycles. The number of hydrogen-bond acceptors (Lipinski definition) is 9. The number of alkyl halides is 2. The topological polar surface area (TPSA) is 157 Å². The van der Waals surface area contributed by atoms with Crippen LogP contribution in [0.4, 0.5) is 8.78 Å². The lowest BCUT2D eigenvalue weighted by Gasteiger charge is -2.20. The molecule has 3 N–H and O–H groups in total. The molecule has 0 radical (unpaired) electrons. The van der Waals surface area contributed by atoms with E-state index in [9.17, 15) is 38.7 Å². The average Bonchev–Trinajstić information content (AvgIpc) is 3.30. The van der Waals surface area contributed by atoms with Gasteiger partial charge in [0.25, 0.3) is 11.0 Å². The summed E-state index contributed by atoms with van der Waals surface area (Å²) in [5, 5.41) is 32.9. The molecule has 1 aliphatic carbocycles. The number of nitrogens with zero attached hydrogens (tertiary/aromatic N) is 1. The van der Waals surface area contributed by atoms with Crippen molar-refractivity contribution >= 4 is 11.9 Å². The second-order valence-corrected chi connectivity index (χ2v) is 11.1. The van der Waals surface area contributed by atoms with Crippen molar-refractivity contribution in [3.8, 4) is 5.75 Å². The summed E-state index contributed by atoms with van der Waals surface area (Å²) in [5.41, 5.74) is 1.03. The molecule has 0 bridgehead atoms. The predicted octanol–water partition coefficient (Wildman–Crippen LogP) is 4.69. The number of unbranched alkanes of at least 4 members (excludes halogenated alkanes) is 1. The highest BCUT2D eigenvalue weighted by atomic mass is 19.3. The highest BCUT2D eigenvalue weighted by molar-refractivity contribution is 5.84. The molecular weight excluding hydrogens is 606 g/mol. The van der Waals surface area contributed by atoms with Gasteiger partial charge in [0.05, 0.1) is 12.2 Å². The van der Waals surface area contributed by atoms with Gasteiger partial charge in [0.1, 0.15) is 25.0 Å². The van der Waals surface area contributed by atoms with Crippen molar-refractivity contribution in [3.05, 3.63) is 100 Å². The van der Waals surface area contributed by atoms with Crippen LogP contribution in [-0.2, 0) is 32.4 Å². The van der Waals surface area contributed by atoms with E-state index >= 15 is 0 Å². The van der Waals surface area contributed by atoms with Crippen molar-refractivity contribution in [1.82, 2.24) is 5.32 Å². The molecule has 2 aromatic rings. The minimum Gasteiger partial charge on any atom is -0.487 e. The molecule has 5 atom stereocenters. The van der Waals surface area contributed by atoms with E-state index in [1.807, 2.05) is 6.08 Å². The Balaban J connectivity index is 1.37. The summed E-state index contributed by atoms with van der Waals surface area (Å²) in [6.07, 6.45) is 5.38. The van der Waals surface area contributed by atoms with Gasteiger partial charge in [0, 0.05) is 18.8 Å². The van der Waals surface area contributed by atoms with Crippen LogP contribution in [-0.4, -0.2) is 58.0 Å². The minimum absolute atomic E-state index is 0.0862. The summed E-state index contributed by atoms with van der Waals surface area (Å²) >= 11 is 0. The van der Waals surface area contributed by atoms with E-state index in [4.69, 9.17) is 9.47 Å². The van der Waals surface area contributed by atoms with Gasteiger partial charge in [-0.3, -0.25) is 4.79 Å². The molecule has 0 heterocycles. The number of rotatable bonds is 18. The van der Waals surface area contributed by atoms with Crippen LogP contribution in [0.2, 0.25) is 0 Å². The first-order valence-electron chi connectivity index (χ1n) is 15.0. The molecule has 46 heavy (non-hydrogen) atoms. The first kappa shape index (κ1) is 36.1. The number of ether oxygens (including phenoxy) is 2. The second kappa shape index (κ2) is 18.0. The van der Waals surface area contributed by atoms with Crippen LogP contribution in [0, 0.1) is 22.0 Å². The first-order valence-corrected chi connectivity index (χ1v) is 15.0. The fourth-order valence-corrected chi connectivity index (χ4v) is 5.06. The Morgan fingerprint density at radius 3 is 2.43 bits per heavy atom. The van der Waals surface area contributed by atoms with E-state index in [1.165, 1.54) is 13.0 Å². The smallest absolute Gasteiger partial charge is 0.328 e. The van der Waals surface area contributed by atoms with Gasteiger partial charge in [-0.15, -0.1) is 10.1 Å². The fourth-order valence-electron chi connectivity index (χ4n) is 5.06. The van der Waals surface area contributed by atoms with Gasteiger partial charge in [-0.05, 0) is 61.4 Å². The lowest BCUT2D eigenvalue weighted by atomic mass is 9.89. The standard InChI is InChI=1S/C33H40F2N2O9/c1-23(32(41)44-20-24-11-9-10-12-25(24)21-46-37(42)43)36-31(40)16-8-3-2-7-15-27-28(30(39)19-29(27)38)17-18-33(34,35)22-45-26-13-5-4-6-14-26/h2,4-7,9-14,17-18,23,27-30,38-39H,3,8,15-16,19-22H2,1H3,(H,36,40)/b7-2-,18-17+/t23?,27-,28-,29+,30-/m1/s1. The average molecular weight is 647 g/mol. The van der Waals surface area contributed by atoms with Crippen LogP contribution in [0.5, 0.6) is 5.75 Å². The number of aliphatic hydroxyl groups is 2. The Hall–Kier alpha value is -4.36. The molecule has 1 saturated carbocycles. The maximum Gasteiger partial charge on any atom is 0.328 e. The molecule has 1 fully saturated rings. The number of hydrogen-bond donors (Lipinski definition) is 3. The van der Waals surface area contributed by atoms with E-state index in [0.717, 1.165) is 6.08 Å². The third-order valence-electron chi connectivity index (χ3n) is 7.55. The Morgan fingerprint density at radius 1 is 1.07 bits per heavy atom. The lowest BCUT2D eigenvalue weighted by molar-refractivity contribution is -0.763. The van der Waals surface area contributed by atoms with Crippen molar-refractivity contribution in [2.75, 3.05) is 6.61 Å². The summed E-state index contributed by atoms with van der Waals surface area (Å²) in [4.78, 5) is 39.5. The number of benzene rings is 2. The van der Waals surface area contributed by atoms with E-state index in [1.54, 1.807) is 60.7 Å². The van der Waals surface area contributed by atoms with Crippen molar-refractivity contribution in [3.63, 3.8) is 0 Å². The van der Waals surface area contributed by atoms with E-state index in [2.05, 4.69) is 10.2 Å². The SMILES string of the molecule is CC(NC(=O)CCC/C=C\C[C@@H]1[C@@H](/C=C/C(F)(F)COc2ccccc2)[C@H](O)C[C@@H]1O)C(=O)OCc1ccccc1CO[N+](=O)[O-]. The van der Waals surface area contributed by atoms with Crippen LogP contribution >= 0.6 is 0 Å². The number of amides is 1. The monoisotopic (exact) mass is 646 g/mol. The van der Waals surface area contributed by atoms with Gasteiger partial charge >= 0.3 is 5.97 Å². The zero-order chi connectivity index (χ0) is 33.5. The molecule has 11 nitrogen and oxygen atoms in total. The highest BCUT2D eigenvalue weighted by Crippen LogP contribution is 2.37. The highest BCUT2D eigenvalue weighted by Gasteiger charge is 2.40. The van der Waals surface area contributed by atoms with E-state index < -0.39 is 53.7 Å². The number of halogens is 2. The van der Waals surface area contributed by atoms with E-state index in [-0.39, 0.29) is 32.0 Å². The number of esters is 1. The molecule has 0 spiro atoms. The van der Waals surface area contributed by atoms with Crippen LogP contribution < -0.4 is 10.1 Å². The van der Waals surface area contributed by atoms with Gasteiger partial charge in [-0.2, -0.15) is 8.78 Å². The Labute approximate surface area is 266 Å². The quantitative estimate of drug-likeness (QED) is 0.0687. The third-order valence-corrected chi connectivity index (χ3v) is 7.55. The summed E-state index contributed by atoms with van der Waals surface area (Å²) in [6, 6.07) is 14.0. The number of allylic oxidation sites excluding steroid dienone is 2. The van der Waals surface area contributed by atoms with Crippen molar-refractivity contribution in [2.24, 2.45) is 11.8 Å². The largest absolute Gasteiger partial charge is 0.487 e. The summed E-state index contributed by atoms with van der Waals surface area (Å²) in [7, 11) is 0. The van der Waals surface area contributed by atoms with Crippen LogP contribution in [0.3, 0.4) is 0 Å². The molecule has 1 aliphatic rings. The van der Waals surface area contributed by atoms with Crippen LogP contribution in [0.25, 0.3) is 0 Å². The van der Waals surface area contributed by atoms with Gasteiger partial charge in [0.2, 0.25) is 5.91 Å². The zero-order valence-electron chi connectivity index (χ0n) is 25.5. The predicted molar refractivity (Wildman–Crippen MR) is 163 cm³/mol. The third kappa shape index (κ3) is 12.2. The first-order chi connectivity index (χ1) is 21.9. The van der Waals surface area contributed by atoms with Gasteiger partial charge in [0.15, 0.2) is 6.61 Å². The number of para-hydroxylation sites is 1. The van der Waals surface area contributed by atoms with Gasteiger partial charge < -0.3 is 29.8 Å². The van der Waals surface area contributed by atoms with Crippen molar-refractivity contribution in [1.29, 1.82) is 0 Å². The van der Waals surface area contributed by atoms with Crippen LogP contribution in [0.1, 0.15) is 50.2 Å². The summed E-state index contributed by atoms with van der Waals surface area (Å²) in [5.74, 6) is -5.06. The van der Waals surface area contributed by atoms with Crippen molar-refractivity contribution < 1.29 is 48.0 Å². The Morgan fingerprint density at radius 2 is 1.74 bits per heavy atom. The number of carbonyl (C=O) groups excluding carboxylic acids is 2. The Kier molecular flexibility index (Phi) is 14.1. The van der Waals surface area contributed by atoms with Gasteiger partial charge in [-0.25, -0.2) is 4.79 Å². The fraction of sp³-hybridized carbons (Fsp3) is 0.455. The van der Waals surface area contributed by atoms with E-state index in [0.29, 0.717) is 36.1 Å². The molecule has 0 aliphatic heterocycles. The molecule has 1 unspecified atom stereocenters.